The van der Waals surface area contributed by atoms with Crippen LogP contribution in [0.5, 0.6) is 5.75 Å². The molecule has 3 heteroatoms. The molecule has 0 aromatic carbocycles. The quantitative estimate of drug-likeness (QED) is 0.402. The molecule has 0 saturated carbocycles. The standard InChI is InChI=1S/C10H10FNO/c1-2-3-4-7-13-9-5-6-10(11)12-8-9/h5-6,8H,4,7H2,1H3. The lowest BCUT2D eigenvalue weighted by Crippen LogP contribution is -1.96. The molecular formula is C10H10FNO. The lowest BCUT2D eigenvalue weighted by atomic mass is 10.4. The van der Waals surface area contributed by atoms with Crippen LogP contribution in [0.15, 0.2) is 18.3 Å². The molecule has 2 nitrogen and oxygen atoms in total. The zero-order valence-corrected chi connectivity index (χ0v) is 7.38. The molecule has 68 valence electrons. The van der Waals surface area contributed by atoms with Crippen LogP contribution in [0, 0.1) is 17.8 Å². The van der Waals surface area contributed by atoms with Crippen molar-refractivity contribution in [3.8, 4) is 17.6 Å². The van der Waals surface area contributed by atoms with E-state index in [-0.39, 0.29) is 0 Å². The molecular weight excluding hydrogens is 169 g/mol. The van der Waals surface area contributed by atoms with Gasteiger partial charge in [0.1, 0.15) is 5.75 Å². The van der Waals surface area contributed by atoms with E-state index in [4.69, 9.17) is 4.74 Å². The Morgan fingerprint density at radius 2 is 2.38 bits per heavy atom. The maximum atomic E-state index is 12.3. The van der Waals surface area contributed by atoms with Gasteiger partial charge in [0.05, 0.1) is 12.8 Å². The minimum atomic E-state index is -0.499. The highest BCUT2D eigenvalue weighted by molar-refractivity contribution is 5.16. The number of hydrogen-bond acceptors (Lipinski definition) is 2. The van der Waals surface area contributed by atoms with Gasteiger partial charge in [-0.1, -0.05) is 0 Å². The molecule has 1 rings (SSSR count). The van der Waals surface area contributed by atoms with E-state index in [2.05, 4.69) is 16.8 Å². The summed E-state index contributed by atoms with van der Waals surface area (Å²) < 4.78 is 17.6. The Labute approximate surface area is 76.8 Å². The minimum absolute atomic E-state index is 0.499. The maximum absolute atomic E-state index is 12.3. The first-order valence-corrected chi connectivity index (χ1v) is 3.97. The average molecular weight is 179 g/mol. The molecule has 1 heterocycles. The number of nitrogens with zero attached hydrogens (tertiary/aromatic N) is 1. The molecule has 0 aliphatic carbocycles. The Morgan fingerprint density at radius 1 is 1.54 bits per heavy atom. The van der Waals surface area contributed by atoms with Crippen LogP contribution in [0.4, 0.5) is 4.39 Å². The summed E-state index contributed by atoms with van der Waals surface area (Å²) in [6.07, 6.45) is 2.03. The van der Waals surface area contributed by atoms with Gasteiger partial charge >= 0.3 is 0 Å². The normalized spacial score (nSPS) is 8.77. The molecule has 0 fully saturated rings. The number of rotatable bonds is 3. The Bertz CT molecular complexity index is 310. The van der Waals surface area contributed by atoms with Crippen LogP contribution >= 0.6 is 0 Å². The van der Waals surface area contributed by atoms with Crippen molar-refractivity contribution in [1.82, 2.24) is 4.98 Å². The van der Waals surface area contributed by atoms with E-state index in [1.807, 2.05) is 0 Å². The number of aromatic nitrogens is 1. The predicted molar refractivity (Wildman–Crippen MR) is 47.8 cm³/mol. The van der Waals surface area contributed by atoms with Crippen molar-refractivity contribution in [1.29, 1.82) is 0 Å². The molecule has 0 aliphatic heterocycles. The summed E-state index contributed by atoms with van der Waals surface area (Å²) in [6.45, 7) is 2.29. The summed E-state index contributed by atoms with van der Waals surface area (Å²) in [5.41, 5.74) is 0. The van der Waals surface area contributed by atoms with Crippen LogP contribution in [-0.2, 0) is 0 Å². The van der Waals surface area contributed by atoms with Crippen molar-refractivity contribution in [2.24, 2.45) is 0 Å². The first kappa shape index (κ1) is 9.53. The summed E-state index contributed by atoms with van der Waals surface area (Å²) in [4.78, 5) is 3.45. The Balaban J connectivity index is 2.36. The first-order chi connectivity index (χ1) is 6.33. The van der Waals surface area contributed by atoms with E-state index in [9.17, 15) is 4.39 Å². The SMILES string of the molecule is CC#CCCOc1ccc(F)nc1. The third kappa shape index (κ3) is 3.57. The third-order valence-electron chi connectivity index (χ3n) is 1.37. The van der Waals surface area contributed by atoms with Crippen molar-refractivity contribution in [2.45, 2.75) is 13.3 Å². The lowest BCUT2D eigenvalue weighted by molar-refractivity contribution is 0.324. The Kier molecular flexibility index (Phi) is 3.77. The van der Waals surface area contributed by atoms with Crippen molar-refractivity contribution >= 4 is 0 Å². The fourth-order valence-corrected chi connectivity index (χ4v) is 0.793. The molecule has 13 heavy (non-hydrogen) atoms. The molecule has 0 saturated heterocycles. The summed E-state index contributed by atoms with van der Waals surface area (Å²) >= 11 is 0. The highest BCUT2D eigenvalue weighted by Gasteiger charge is 1.93. The number of ether oxygens (including phenoxy) is 1. The van der Waals surface area contributed by atoms with E-state index < -0.39 is 5.95 Å². The number of pyridine rings is 1. The van der Waals surface area contributed by atoms with Gasteiger partial charge in [-0.3, -0.25) is 0 Å². The van der Waals surface area contributed by atoms with Crippen LogP contribution in [0.1, 0.15) is 13.3 Å². The second-order valence-corrected chi connectivity index (χ2v) is 2.34. The molecule has 0 aliphatic rings. The van der Waals surface area contributed by atoms with Gasteiger partial charge < -0.3 is 4.74 Å². The van der Waals surface area contributed by atoms with Gasteiger partial charge in [-0.15, -0.1) is 11.8 Å². The van der Waals surface area contributed by atoms with Crippen molar-refractivity contribution < 1.29 is 9.13 Å². The molecule has 0 atom stereocenters. The Hall–Kier alpha value is -1.56. The van der Waals surface area contributed by atoms with Gasteiger partial charge in [0, 0.05) is 6.42 Å². The zero-order chi connectivity index (χ0) is 9.52. The predicted octanol–water partition coefficient (Wildman–Crippen LogP) is 2.01. The highest BCUT2D eigenvalue weighted by atomic mass is 19.1. The Morgan fingerprint density at radius 3 is 3.00 bits per heavy atom. The fourth-order valence-electron chi connectivity index (χ4n) is 0.793. The van der Waals surface area contributed by atoms with Gasteiger partial charge in [-0.05, 0) is 19.1 Å². The van der Waals surface area contributed by atoms with Gasteiger partial charge in [-0.25, -0.2) is 4.98 Å². The topological polar surface area (TPSA) is 22.1 Å². The molecule has 1 aromatic rings. The smallest absolute Gasteiger partial charge is 0.213 e. The highest BCUT2D eigenvalue weighted by Crippen LogP contribution is 2.07. The molecule has 0 amide bonds. The molecule has 0 unspecified atom stereocenters. The summed E-state index contributed by atoms with van der Waals surface area (Å²) in [5, 5.41) is 0. The number of halogens is 1. The first-order valence-electron chi connectivity index (χ1n) is 3.97. The largest absolute Gasteiger partial charge is 0.491 e. The van der Waals surface area contributed by atoms with E-state index in [1.54, 1.807) is 13.0 Å². The lowest BCUT2D eigenvalue weighted by Gasteiger charge is -2.01. The second kappa shape index (κ2) is 5.15. The summed E-state index contributed by atoms with van der Waals surface area (Å²) in [6, 6.07) is 2.81. The van der Waals surface area contributed by atoms with Crippen molar-refractivity contribution in [3.63, 3.8) is 0 Å². The summed E-state index contributed by atoms with van der Waals surface area (Å²) in [7, 11) is 0. The van der Waals surface area contributed by atoms with Crippen molar-refractivity contribution in [2.75, 3.05) is 6.61 Å². The van der Waals surface area contributed by atoms with Gasteiger partial charge in [0.2, 0.25) is 5.95 Å². The van der Waals surface area contributed by atoms with Gasteiger partial charge in [0.25, 0.3) is 0 Å². The van der Waals surface area contributed by atoms with Crippen LogP contribution in [0.2, 0.25) is 0 Å². The van der Waals surface area contributed by atoms with E-state index in [0.717, 1.165) is 0 Å². The third-order valence-corrected chi connectivity index (χ3v) is 1.37. The van der Waals surface area contributed by atoms with Crippen molar-refractivity contribution in [3.05, 3.63) is 24.3 Å². The number of hydrogen-bond donors (Lipinski definition) is 0. The van der Waals surface area contributed by atoms with E-state index in [1.165, 1.54) is 12.3 Å². The van der Waals surface area contributed by atoms with E-state index >= 15 is 0 Å². The van der Waals surface area contributed by atoms with E-state index in [0.29, 0.717) is 18.8 Å². The second-order valence-electron chi connectivity index (χ2n) is 2.34. The van der Waals surface area contributed by atoms with Crippen LogP contribution in [-0.4, -0.2) is 11.6 Å². The average Bonchev–Trinajstić information content (AvgIpc) is 2.15. The minimum Gasteiger partial charge on any atom is -0.491 e. The molecule has 1 aromatic heterocycles. The molecule has 0 N–H and O–H groups in total. The molecule has 0 radical (unpaired) electrons. The molecule has 0 spiro atoms. The summed E-state index contributed by atoms with van der Waals surface area (Å²) in [5.74, 6) is 5.69. The van der Waals surface area contributed by atoms with Crippen LogP contribution in [0.3, 0.4) is 0 Å². The fraction of sp³-hybridized carbons (Fsp3) is 0.300. The van der Waals surface area contributed by atoms with Gasteiger partial charge in [0.15, 0.2) is 0 Å². The van der Waals surface area contributed by atoms with Crippen LogP contribution < -0.4 is 4.74 Å². The maximum Gasteiger partial charge on any atom is 0.213 e. The molecule has 0 bridgehead atoms. The van der Waals surface area contributed by atoms with Gasteiger partial charge in [-0.2, -0.15) is 4.39 Å². The monoisotopic (exact) mass is 179 g/mol. The zero-order valence-electron chi connectivity index (χ0n) is 7.38. The van der Waals surface area contributed by atoms with Crippen LogP contribution in [0.25, 0.3) is 0 Å².